The highest BCUT2D eigenvalue weighted by Gasteiger charge is 2.35. The van der Waals surface area contributed by atoms with Crippen molar-refractivity contribution in [2.75, 3.05) is 0 Å². The zero-order valence-electron chi connectivity index (χ0n) is 9.95. The topological polar surface area (TPSA) is 18.5 Å². The molecular weight excluding hydrogens is 224 g/mol. The summed E-state index contributed by atoms with van der Waals surface area (Å²) in [5.74, 6) is 0.387. The predicted octanol–water partition coefficient (Wildman–Crippen LogP) is 3.99. The summed E-state index contributed by atoms with van der Waals surface area (Å²) in [4.78, 5) is 0. The molecule has 2 aromatic carbocycles. The van der Waals surface area contributed by atoms with Crippen LogP contribution in [-0.4, -0.2) is 0 Å². The summed E-state index contributed by atoms with van der Waals surface area (Å²) in [6.07, 6.45) is -0.248. The lowest BCUT2D eigenvalue weighted by Gasteiger charge is -2.16. The third kappa shape index (κ3) is 1.97. The molecule has 18 heavy (non-hydrogen) atoms. The summed E-state index contributed by atoms with van der Waals surface area (Å²) in [6.45, 7) is 3.76. The van der Waals surface area contributed by atoms with Gasteiger partial charge < -0.3 is 9.47 Å². The summed E-state index contributed by atoms with van der Waals surface area (Å²) in [6, 6.07) is 20.2. The van der Waals surface area contributed by atoms with Crippen molar-refractivity contribution in [3.8, 4) is 0 Å². The van der Waals surface area contributed by atoms with Crippen LogP contribution in [0.25, 0.3) is 0 Å². The lowest BCUT2D eigenvalue weighted by atomic mass is 9.99. The van der Waals surface area contributed by atoms with Crippen molar-refractivity contribution in [1.29, 1.82) is 0 Å². The highest BCUT2D eigenvalue weighted by molar-refractivity contribution is 5.27. The van der Waals surface area contributed by atoms with Gasteiger partial charge in [-0.3, -0.25) is 0 Å². The van der Waals surface area contributed by atoms with Gasteiger partial charge in [-0.05, 0) is 17.7 Å². The van der Waals surface area contributed by atoms with Gasteiger partial charge in [0.2, 0.25) is 0 Å². The van der Waals surface area contributed by atoms with Gasteiger partial charge in [-0.25, -0.2) is 0 Å². The molecule has 1 aliphatic rings. The maximum atomic E-state index is 5.70. The molecule has 2 nitrogen and oxygen atoms in total. The van der Waals surface area contributed by atoms with Crippen LogP contribution >= 0.6 is 0 Å². The van der Waals surface area contributed by atoms with Crippen LogP contribution in [0.15, 0.2) is 73.2 Å². The molecule has 0 amide bonds. The van der Waals surface area contributed by atoms with Gasteiger partial charge in [0, 0.05) is 0 Å². The highest BCUT2D eigenvalue weighted by Crippen LogP contribution is 2.43. The lowest BCUT2D eigenvalue weighted by Crippen LogP contribution is -2.06. The normalized spacial score (nSPS) is 22.3. The van der Waals surface area contributed by atoms with Crippen molar-refractivity contribution in [1.82, 2.24) is 0 Å². The van der Waals surface area contributed by atoms with Crippen LogP contribution in [0.3, 0.4) is 0 Å². The first-order valence-electron chi connectivity index (χ1n) is 5.97. The van der Waals surface area contributed by atoms with Crippen molar-refractivity contribution < 1.29 is 9.47 Å². The zero-order chi connectivity index (χ0) is 12.4. The second kappa shape index (κ2) is 4.57. The van der Waals surface area contributed by atoms with E-state index < -0.39 is 0 Å². The van der Waals surface area contributed by atoms with Crippen molar-refractivity contribution in [2.45, 2.75) is 12.2 Å². The molecule has 0 bridgehead atoms. The fourth-order valence-corrected chi connectivity index (χ4v) is 2.21. The van der Waals surface area contributed by atoms with Gasteiger partial charge in [-0.1, -0.05) is 60.7 Å². The first-order valence-corrected chi connectivity index (χ1v) is 5.97. The average Bonchev–Trinajstić information content (AvgIpc) is 2.83. The molecule has 0 aromatic heterocycles. The van der Waals surface area contributed by atoms with Crippen LogP contribution < -0.4 is 0 Å². The maximum absolute atomic E-state index is 5.70. The largest absolute Gasteiger partial charge is 0.453 e. The van der Waals surface area contributed by atoms with Gasteiger partial charge in [0.25, 0.3) is 5.95 Å². The van der Waals surface area contributed by atoms with Crippen molar-refractivity contribution in [2.24, 2.45) is 0 Å². The molecule has 2 aromatic rings. The van der Waals surface area contributed by atoms with Crippen LogP contribution in [0.1, 0.15) is 23.3 Å². The smallest absolute Gasteiger partial charge is 0.273 e. The van der Waals surface area contributed by atoms with E-state index in [1.165, 1.54) is 0 Å². The van der Waals surface area contributed by atoms with E-state index in [1.807, 2.05) is 60.7 Å². The Morgan fingerprint density at radius 1 is 0.667 bits per heavy atom. The highest BCUT2D eigenvalue weighted by atomic mass is 16.7. The van der Waals surface area contributed by atoms with E-state index in [0.717, 1.165) is 11.1 Å². The Morgan fingerprint density at radius 3 is 1.44 bits per heavy atom. The molecule has 1 heterocycles. The van der Waals surface area contributed by atoms with Gasteiger partial charge in [-0.15, -0.1) is 0 Å². The molecule has 90 valence electrons. The Bertz CT molecular complexity index is 484. The van der Waals surface area contributed by atoms with Gasteiger partial charge >= 0.3 is 0 Å². The van der Waals surface area contributed by atoms with Gasteiger partial charge in [0.15, 0.2) is 12.2 Å². The zero-order valence-corrected chi connectivity index (χ0v) is 9.95. The van der Waals surface area contributed by atoms with Crippen LogP contribution in [0.4, 0.5) is 0 Å². The van der Waals surface area contributed by atoms with Gasteiger partial charge in [0.1, 0.15) is 0 Å². The molecule has 1 aliphatic heterocycles. The number of benzene rings is 2. The van der Waals surface area contributed by atoms with E-state index in [-0.39, 0.29) is 12.2 Å². The third-order valence-electron chi connectivity index (χ3n) is 3.05. The van der Waals surface area contributed by atoms with E-state index in [1.54, 1.807) is 0 Å². The molecule has 3 rings (SSSR count). The second-order valence-corrected chi connectivity index (χ2v) is 4.27. The molecule has 0 radical (unpaired) electrons. The van der Waals surface area contributed by atoms with Crippen LogP contribution in [0, 0.1) is 0 Å². The summed E-state index contributed by atoms with van der Waals surface area (Å²) in [7, 11) is 0. The molecule has 0 unspecified atom stereocenters. The van der Waals surface area contributed by atoms with Crippen molar-refractivity contribution in [3.63, 3.8) is 0 Å². The van der Waals surface area contributed by atoms with Gasteiger partial charge in [-0.2, -0.15) is 0 Å². The van der Waals surface area contributed by atoms with E-state index in [4.69, 9.17) is 9.47 Å². The monoisotopic (exact) mass is 238 g/mol. The van der Waals surface area contributed by atoms with E-state index in [9.17, 15) is 0 Å². The van der Waals surface area contributed by atoms with Crippen LogP contribution in [0.2, 0.25) is 0 Å². The van der Waals surface area contributed by atoms with E-state index >= 15 is 0 Å². The minimum Gasteiger partial charge on any atom is -0.453 e. The number of hydrogen-bond donors (Lipinski definition) is 0. The molecule has 2 atom stereocenters. The third-order valence-corrected chi connectivity index (χ3v) is 3.05. The Labute approximate surface area is 106 Å². The van der Waals surface area contributed by atoms with Crippen molar-refractivity contribution >= 4 is 0 Å². The molecule has 0 aliphatic carbocycles. The summed E-state index contributed by atoms with van der Waals surface area (Å²) < 4.78 is 11.4. The first-order chi connectivity index (χ1) is 8.84. The molecule has 1 fully saturated rings. The second-order valence-electron chi connectivity index (χ2n) is 4.27. The average molecular weight is 238 g/mol. The SMILES string of the molecule is C=C1O[C@H](c2ccccc2)[C@H](c2ccccc2)O1. The molecule has 0 spiro atoms. The summed E-state index contributed by atoms with van der Waals surface area (Å²) >= 11 is 0. The molecular formula is C16H14O2. The maximum Gasteiger partial charge on any atom is 0.273 e. The number of ether oxygens (including phenoxy) is 2. The van der Waals surface area contributed by atoms with Gasteiger partial charge in [0.05, 0.1) is 0 Å². The summed E-state index contributed by atoms with van der Waals surface area (Å²) in [5.41, 5.74) is 2.20. The van der Waals surface area contributed by atoms with Crippen LogP contribution in [-0.2, 0) is 9.47 Å². The molecule has 1 saturated heterocycles. The lowest BCUT2D eigenvalue weighted by molar-refractivity contribution is 0.142. The minimum atomic E-state index is -0.124. The standard InChI is InChI=1S/C16H14O2/c1-12-17-15(13-8-4-2-5-9-13)16(18-12)14-10-6-3-7-11-14/h2-11,15-16H,1H2/t15-,16+. The minimum absolute atomic E-state index is 0.124. The summed E-state index contributed by atoms with van der Waals surface area (Å²) in [5, 5.41) is 0. The van der Waals surface area contributed by atoms with E-state index in [0.29, 0.717) is 5.95 Å². The fourth-order valence-electron chi connectivity index (χ4n) is 2.21. The predicted molar refractivity (Wildman–Crippen MR) is 69.7 cm³/mol. The van der Waals surface area contributed by atoms with Crippen molar-refractivity contribution in [3.05, 3.63) is 84.3 Å². The quantitative estimate of drug-likeness (QED) is 0.787. The van der Waals surface area contributed by atoms with Crippen LogP contribution in [0.5, 0.6) is 0 Å². The molecule has 0 N–H and O–H groups in total. The Balaban J connectivity index is 1.96. The fraction of sp³-hybridized carbons (Fsp3) is 0.125. The first kappa shape index (κ1) is 10.9. The number of rotatable bonds is 2. The molecule has 2 heteroatoms. The Hall–Kier alpha value is -2.22. The molecule has 0 saturated carbocycles. The number of hydrogen-bond acceptors (Lipinski definition) is 2. The Morgan fingerprint density at radius 2 is 1.06 bits per heavy atom. The Kier molecular flexibility index (Phi) is 2.77. The van der Waals surface area contributed by atoms with E-state index in [2.05, 4.69) is 6.58 Å².